The molecule has 51 heavy (non-hydrogen) atoms. The number of hydrogen-bond acceptors (Lipinski definition) is 13. The number of benzene rings is 1. The van der Waals surface area contributed by atoms with Gasteiger partial charge in [-0.05, 0) is 43.9 Å². The number of piperidine rings is 1. The van der Waals surface area contributed by atoms with Gasteiger partial charge in [-0.2, -0.15) is 0 Å². The average molecular weight is 721 g/mol. The van der Waals surface area contributed by atoms with Crippen molar-refractivity contribution in [1.82, 2.24) is 31.4 Å². The Morgan fingerprint density at radius 1 is 1.16 bits per heavy atom. The van der Waals surface area contributed by atoms with Crippen molar-refractivity contribution in [3.05, 3.63) is 23.8 Å². The quantitative estimate of drug-likeness (QED) is 0.0336. The predicted molar refractivity (Wildman–Crippen MR) is 175 cm³/mol. The number of carbonyl (C=O) groups is 7. The summed E-state index contributed by atoms with van der Waals surface area (Å²) in [5, 5.41) is 52.7. The van der Waals surface area contributed by atoms with Gasteiger partial charge in [0.15, 0.2) is 6.04 Å². The van der Waals surface area contributed by atoms with Crippen molar-refractivity contribution in [2.75, 3.05) is 38.2 Å². The maximum Gasteiger partial charge on any atom is 0.270 e. The van der Waals surface area contributed by atoms with Crippen LogP contribution in [0.15, 0.2) is 23.2 Å². The fourth-order valence-corrected chi connectivity index (χ4v) is 4.97. The number of nitrogens with zero attached hydrogens (tertiary/aromatic N) is 3. The van der Waals surface area contributed by atoms with E-state index in [0.717, 1.165) is 0 Å². The first-order valence-electron chi connectivity index (χ1n) is 16.3. The van der Waals surface area contributed by atoms with E-state index in [1.165, 1.54) is 18.2 Å². The molecule has 1 saturated heterocycles. The zero-order chi connectivity index (χ0) is 37.7. The van der Waals surface area contributed by atoms with Crippen LogP contribution in [0, 0.1) is 5.92 Å². The Kier molecular flexibility index (Phi) is 15.1. The Morgan fingerprint density at radius 3 is 2.59 bits per heavy atom. The molecule has 4 atom stereocenters. The fraction of sp³-hybridized carbons (Fsp3) is 0.548. The molecule has 7 amide bonds. The van der Waals surface area contributed by atoms with Crippen molar-refractivity contribution in [3.8, 4) is 5.75 Å². The third-order valence-electron chi connectivity index (χ3n) is 7.87. The highest BCUT2D eigenvalue weighted by Gasteiger charge is 2.32. The van der Waals surface area contributed by atoms with E-state index in [-0.39, 0.29) is 86.0 Å². The molecule has 9 N–H and O–H groups in total. The Labute approximate surface area is 292 Å². The number of rotatable bonds is 18. The fourth-order valence-electron chi connectivity index (χ4n) is 4.97. The third kappa shape index (κ3) is 11.6. The topological polar surface area (TPSA) is 289 Å². The SMILES string of the molecule is CC(C)C(=O)Nc1ccc(O)c(C2=N[C@H](C(=O)NCCC(=O)N[C@@H](CO)C(=O)N(O)CCC[C@H](NC=O)C(=O)N[C@H]3CCCN(O)C3=O)CO2)c1. The number of phenolic OH excluding ortho intramolecular Hbond substituents is 1. The molecule has 280 valence electrons. The first-order chi connectivity index (χ1) is 24.2. The van der Waals surface area contributed by atoms with Gasteiger partial charge >= 0.3 is 0 Å². The van der Waals surface area contributed by atoms with E-state index in [2.05, 4.69) is 31.6 Å². The van der Waals surface area contributed by atoms with Gasteiger partial charge in [0, 0.05) is 37.7 Å². The number of hydroxylamine groups is 4. The molecule has 0 aromatic heterocycles. The number of carbonyl (C=O) groups excluding carboxylic acids is 7. The first kappa shape index (κ1) is 40.1. The number of aliphatic hydroxyl groups excluding tert-OH is 1. The van der Waals surface area contributed by atoms with Gasteiger partial charge in [0.05, 0.1) is 12.2 Å². The number of phenols is 1. The Bertz CT molecular complexity index is 1490. The van der Waals surface area contributed by atoms with Gasteiger partial charge in [0.25, 0.3) is 11.8 Å². The van der Waals surface area contributed by atoms with Crippen molar-refractivity contribution in [3.63, 3.8) is 0 Å². The highest BCUT2D eigenvalue weighted by atomic mass is 16.5. The molecule has 0 spiro atoms. The minimum absolute atomic E-state index is 0.0150. The van der Waals surface area contributed by atoms with Crippen molar-refractivity contribution >= 4 is 53.4 Å². The predicted octanol–water partition coefficient (Wildman–Crippen LogP) is -2.28. The Hall–Kier alpha value is -5.34. The van der Waals surface area contributed by atoms with Crippen LogP contribution in [0.2, 0.25) is 0 Å². The maximum atomic E-state index is 12.7. The van der Waals surface area contributed by atoms with Crippen LogP contribution in [0.25, 0.3) is 0 Å². The number of amides is 7. The van der Waals surface area contributed by atoms with E-state index < -0.39 is 60.3 Å². The molecule has 0 bridgehead atoms. The molecular weight excluding hydrogens is 676 g/mol. The number of nitrogens with one attached hydrogen (secondary N) is 5. The lowest BCUT2D eigenvalue weighted by atomic mass is 10.0. The minimum atomic E-state index is -1.53. The Balaban J connectivity index is 1.43. The van der Waals surface area contributed by atoms with E-state index in [1.54, 1.807) is 13.8 Å². The summed E-state index contributed by atoms with van der Waals surface area (Å²) in [6.45, 7) is 2.03. The molecule has 1 aromatic carbocycles. The second kappa shape index (κ2) is 19.2. The van der Waals surface area contributed by atoms with Crippen LogP contribution < -0.4 is 26.6 Å². The zero-order valence-corrected chi connectivity index (χ0v) is 28.2. The maximum absolute atomic E-state index is 12.7. The largest absolute Gasteiger partial charge is 0.507 e. The summed E-state index contributed by atoms with van der Waals surface area (Å²) in [5.41, 5.74) is 0.561. The van der Waals surface area contributed by atoms with Crippen molar-refractivity contribution in [2.45, 2.75) is 70.1 Å². The molecule has 1 fully saturated rings. The van der Waals surface area contributed by atoms with Crippen molar-refractivity contribution in [1.29, 1.82) is 0 Å². The van der Waals surface area contributed by atoms with Crippen LogP contribution in [0.5, 0.6) is 5.75 Å². The van der Waals surface area contributed by atoms with Gasteiger partial charge in [0.1, 0.15) is 30.5 Å². The summed E-state index contributed by atoms with van der Waals surface area (Å²) in [6.07, 6.45) is 0.645. The number of hydrogen-bond donors (Lipinski definition) is 9. The summed E-state index contributed by atoms with van der Waals surface area (Å²) in [4.78, 5) is 89.7. The smallest absolute Gasteiger partial charge is 0.270 e. The summed E-state index contributed by atoms with van der Waals surface area (Å²) < 4.78 is 5.49. The molecule has 0 aliphatic carbocycles. The number of anilines is 1. The van der Waals surface area contributed by atoms with Crippen molar-refractivity contribution < 1.29 is 58.9 Å². The number of aliphatic hydroxyl groups is 1. The molecule has 0 radical (unpaired) electrons. The Morgan fingerprint density at radius 2 is 1.90 bits per heavy atom. The minimum Gasteiger partial charge on any atom is -0.507 e. The van der Waals surface area contributed by atoms with Gasteiger partial charge in [0.2, 0.25) is 35.9 Å². The highest BCUT2D eigenvalue weighted by Crippen LogP contribution is 2.25. The molecule has 2 aliphatic rings. The molecule has 0 saturated carbocycles. The molecule has 2 heterocycles. The van der Waals surface area contributed by atoms with Crippen molar-refractivity contribution in [2.24, 2.45) is 10.9 Å². The molecule has 1 aromatic rings. The molecule has 3 rings (SSSR count). The summed E-state index contributed by atoms with van der Waals surface area (Å²) in [7, 11) is 0. The normalized spacial score (nSPS) is 18.1. The summed E-state index contributed by atoms with van der Waals surface area (Å²) in [6, 6.07) is -0.316. The second-order valence-corrected chi connectivity index (χ2v) is 12.1. The monoisotopic (exact) mass is 720 g/mol. The van der Waals surface area contributed by atoms with Crippen LogP contribution >= 0.6 is 0 Å². The van der Waals surface area contributed by atoms with Gasteiger partial charge in [-0.3, -0.25) is 44.0 Å². The lowest BCUT2D eigenvalue weighted by molar-refractivity contribution is -0.173. The van der Waals surface area contributed by atoms with E-state index in [1.807, 2.05) is 0 Å². The van der Waals surface area contributed by atoms with Crippen LogP contribution in [0.3, 0.4) is 0 Å². The zero-order valence-electron chi connectivity index (χ0n) is 28.2. The molecule has 0 unspecified atom stereocenters. The standard InChI is InChI=1S/C31H44N8O12/c1-17(2)26(44)34-18-7-8-24(42)19(13-18)29-37-23(15-51-29)27(45)32-10-9-25(43)35-22(14-40)31(48)39(50)11-3-5-20(33-16-41)28(46)36-21-6-4-12-38(49)30(21)47/h7-8,13,16-17,20-23,40,42,49-50H,3-6,9-12,14-15H2,1-2H3,(H,32,45)(H,33,41)(H,34,44)(H,35,43)(H,36,46)/t20-,21-,22-,23-/m0/s1. The van der Waals surface area contributed by atoms with E-state index in [0.29, 0.717) is 23.6 Å². The van der Waals surface area contributed by atoms with E-state index in [9.17, 15) is 54.2 Å². The average Bonchev–Trinajstić information content (AvgIpc) is 3.59. The molecular formula is C31H44N8O12. The second-order valence-electron chi connectivity index (χ2n) is 12.1. The highest BCUT2D eigenvalue weighted by molar-refractivity contribution is 6.02. The summed E-state index contributed by atoms with van der Waals surface area (Å²) in [5.74, 6) is -4.49. The lowest BCUT2D eigenvalue weighted by Gasteiger charge is -2.29. The van der Waals surface area contributed by atoms with Crippen LogP contribution in [-0.2, 0) is 38.3 Å². The van der Waals surface area contributed by atoms with Gasteiger partial charge < -0.3 is 41.5 Å². The van der Waals surface area contributed by atoms with Crippen LogP contribution in [0.1, 0.15) is 51.5 Å². The van der Waals surface area contributed by atoms with Crippen LogP contribution in [-0.4, -0.2) is 136 Å². The number of ether oxygens (including phenoxy) is 1. The molecule has 2 aliphatic heterocycles. The van der Waals surface area contributed by atoms with E-state index >= 15 is 0 Å². The van der Waals surface area contributed by atoms with Crippen LogP contribution in [0.4, 0.5) is 5.69 Å². The van der Waals surface area contributed by atoms with Gasteiger partial charge in [-0.15, -0.1) is 0 Å². The lowest BCUT2D eigenvalue weighted by Crippen LogP contribution is -2.55. The summed E-state index contributed by atoms with van der Waals surface area (Å²) >= 11 is 0. The van der Waals surface area contributed by atoms with Gasteiger partial charge in [-0.25, -0.2) is 15.1 Å². The van der Waals surface area contributed by atoms with Gasteiger partial charge in [-0.1, -0.05) is 13.8 Å². The first-order valence-corrected chi connectivity index (χ1v) is 16.3. The molecule has 20 nitrogen and oxygen atoms in total. The number of aromatic hydroxyl groups is 1. The number of aliphatic imine (C=N–C) groups is 1. The van der Waals surface area contributed by atoms with E-state index in [4.69, 9.17) is 4.74 Å². The third-order valence-corrected chi connectivity index (χ3v) is 7.87. The molecule has 20 heteroatoms.